The Bertz CT molecular complexity index is 738. The van der Waals surface area contributed by atoms with Crippen LogP contribution in [-0.4, -0.2) is 19.6 Å². The highest BCUT2D eigenvalue weighted by Crippen LogP contribution is 2.08. The van der Waals surface area contributed by atoms with Crippen molar-refractivity contribution < 1.29 is 0 Å². The first-order valence-corrected chi connectivity index (χ1v) is 5.75. The molecule has 3 rings (SSSR count). The molecule has 0 bridgehead atoms. The zero-order valence-electron chi connectivity index (χ0n) is 9.98. The molecule has 0 radical (unpaired) electrons. The second-order valence-corrected chi connectivity index (χ2v) is 3.94. The summed E-state index contributed by atoms with van der Waals surface area (Å²) in [6.45, 7) is 0.540. The molecule has 0 unspecified atom stereocenters. The van der Waals surface area contributed by atoms with Crippen LogP contribution in [0.3, 0.4) is 0 Å². The highest BCUT2D eigenvalue weighted by molar-refractivity contribution is 5.43. The molecule has 0 fully saturated rings. The summed E-state index contributed by atoms with van der Waals surface area (Å²) in [5, 5.41) is 20.1. The second kappa shape index (κ2) is 4.74. The maximum atomic E-state index is 8.67. The fourth-order valence-corrected chi connectivity index (χ4v) is 1.76. The smallest absolute Gasteiger partial charge is 0.160 e. The maximum Gasteiger partial charge on any atom is 0.160 e. The average Bonchev–Trinajstić information content (AvgIpc) is 2.89. The van der Waals surface area contributed by atoms with Gasteiger partial charge in [-0.15, -0.1) is 10.2 Å². The molecule has 92 valence electrons. The third-order valence-electron chi connectivity index (χ3n) is 2.71. The number of nitrogens with zero attached hydrogens (tertiary/aromatic N) is 5. The molecule has 0 aliphatic rings. The molecule has 3 aromatic rings. The van der Waals surface area contributed by atoms with Gasteiger partial charge >= 0.3 is 0 Å². The third kappa shape index (κ3) is 2.21. The van der Waals surface area contributed by atoms with Crippen LogP contribution < -0.4 is 5.32 Å². The summed E-state index contributed by atoms with van der Waals surface area (Å²) >= 11 is 0. The Kier molecular flexibility index (Phi) is 2.79. The Hall–Kier alpha value is -2.94. The highest BCUT2D eigenvalue weighted by Gasteiger charge is 2.04. The minimum Gasteiger partial charge on any atom is -0.376 e. The number of hydrogen-bond donors (Lipinski definition) is 1. The molecule has 6 heteroatoms. The quantitative estimate of drug-likeness (QED) is 0.764. The number of hydrogen-bond acceptors (Lipinski definition) is 5. The Morgan fingerprint density at radius 1 is 1.21 bits per heavy atom. The van der Waals surface area contributed by atoms with Crippen LogP contribution >= 0.6 is 0 Å². The first-order valence-electron chi connectivity index (χ1n) is 5.75. The molecular weight excluding hydrogens is 240 g/mol. The Labute approximate surface area is 109 Å². The van der Waals surface area contributed by atoms with Crippen molar-refractivity contribution in [3.8, 4) is 6.07 Å². The molecule has 6 nitrogen and oxygen atoms in total. The van der Waals surface area contributed by atoms with Gasteiger partial charge in [0.05, 0.1) is 18.4 Å². The fraction of sp³-hybridized carbons (Fsp3) is 0.0769. The van der Waals surface area contributed by atoms with E-state index in [0.29, 0.717) is 12.2 Å². The number of pyridine rings is 2. The summed E-state index contributed by atoms with van der Waals surface area (Å²) in [5.74, 6) is 0.819. The van der Waals surface area contributed by atoms with Crippen LogP contribution in [0.25, 0.3) is 5.65 Å². The predicted octanol–water partition coefficient (Wildman–Crippen LogP) is 1.61. The minimum absolute atomic E-state index is 0.401. The van der Waals surface area contributed by atoms with Crippen molar-refractivity contribution in [1.82, 2.24) is 19.6 Å². The second-order valence-electron chi connectivity index (χ2n) is 3.94. The Morgan fingerprint density at radius 2 is 2.16 bits per heavy atom. The first-order chi connectivity index (χ1) is 9.36. The molecule has 0 amide bonds. The standard InChI is InChI=1S/C13H10N6/c14-7-10-4-5-11(8-15-10)16-9-13-18-17-12-3-1-2-6-19(12)13/h1-6,8,16H,9H2. The topological polar surface area (TPSA) is 78.9 Å². The van der Waals surface area contributed by atoms with Crippen LogP contribution in [0, 0.1) is 11.3 Å². The Morgan fingerprint density at radius 3 is 2.95 bits per heavy atom. The average molecular weight is 250 g/mol. The van der Waals surface area contributed by atoms with E-state index >= 15 is 0 Å². The molecule has 0 aliphatic heterocycles. The van der Waals surface area contributed by atoms with Crippen LogP contribution in [-0.2, 0) is 6.54 Å². The monoisotopic (exact) mass is 250 g/mol. The van der Waals surface area contributed by atoms with Gasteiger partial charge in [0.15, 0.2) is 11.5 Å². The van der Waals surface area contributed by atoms with Crippen LogP contribution in [0.1, 0.15) is 11.5 Å². The summed E-state index contributed by atoms with van der Waals surface area (Å²) in [6, 6.07) is 11.2. The lowest BCUT2D eigenvalue weighted by Crippen LogP contribution is -2.04. The fourth-order valence-electron chi connectivity index (χ4n) is 1.76. The van der Waals surface area contributed by atoms with Crippen LogP contribution in [0.4, 0.5) is 5.69 Å². The molecule has 0 aliphatic carbocycles. The van der Waals surface area contributed by atoms with Crippen LogP contribution in [0.15, 0.2) is 42.7 Å². The lowest BCUT2D eigenvalue weighted by Gasteiger charge is -2.04. The van der Waals surface area contributed by atoms with Gasteiger partial charge in [0.1, 0.15) is 11.8 Å². The van der Waals surface area contributed by atoms with Crippen LogP contribution in [0.5, 0.6) is 0 Å². The number of fused-ring (bicyclic) bond motifs is 1. The summed E-state index contributed by atoms with van der Waals surface area (Å²) in [6.07, 6.45) is 3.55. The van der Waals surface area contributed by atoms with E-state index in [-0.39, 0.29) is 0 Å². The molecule has 0 spiro atoms. The van der Waals surface area contributed by atoms with Gasteiger partial charge in [0.25, 0.3) is 0 Å². The summed E-state index contributed by atoms with van der Waals surface area (Å²) in [7, 11) is 0. The predicted molar refractivity (Wildman–Crippen MR) is 69.3 cm³/mol. The minimum atomic E-state index is 0.401. The third-order valence-corrected chi connectivity index (χ3v) is 2.71. The molecule has 1 N–H and O–H groups in total. The van der Waals surface area contributed by atoms with Gasteiger partial charge in [0, 0.05) is 6.20 Å². The van der Waals surface area contributed by atoms with Crippen molar-refractivity contribution in [2.45, 2.75) is 6.54 Å². The molecular formula is C13H10N6. The molecule has 0 aromatic carbocycles. The molecule has 19 heavy (non-hydrogen) atoms. The highest BCUT2D eigenvalue weighted by atomic mass is 15.3. The van der Waals surface area contributed by atoms with Crippen molar-refractivity contribution >= 4 is 11.3 Å². The largest absolute Gasteiger partial charge is 0.376 e. The van der Waals surface area contributed by atoms with Gasteiger partial charge in [-0.2, -0.15) is 5.26 Å². The lowest BCUT2D eigenvalue weighted by atomic mass is 10.3. The molecule has 3 heterocycles. The number of nitriles is 1. The van der Waals surface area contributed by atoms with E-state index in [0.717, 1.165) is 17.2 Å². The van der Waals surface area contributed by atoms with Crippen molar-refractivity contribution in [2.24, 2.45) is 0 Å². The van der Waals surface area contributed by atoms with Gasteiger partial charge in [-0.25, -0.2) is 4.98 Å². The van der Waals surface area contributed by atoms with E-state index < -0.39 is 0 Å². The van der Waals surface area contributed by atoms with Gasteiger partial charge in [-0.05, 0) is 24.3 Å². The number of anilines is 1. The number of rotatable bonds is 3. The van der Waals surface area contributed by atoms with Crippen LogP contribution in [0.2, 0.25) is 0 Å². The van der Waals surface area contributed by atoms with Crippen molar-refractivity contribution in [1.29, 1.82) is 5.26 Å². The SMILES string of the molecule is N#Cc1ccc(NCc2nnc3ccccn23)cn1. The van der Waals surface area contributed by atoms with E-state index in [1.54, 1.807) is 12.3 Å². The van der Waals surface area contributed by atoms with Crippen molar-refractivity contribution in [3.63, 3.8) is 0 Å². The van der Waals surface area contributed by atoms with E-state index in [4.69, 9.17) is 5.26 Å². The Balaban J connectivity index is 1.77. The first kappa shape index (κ1) is 11.2. The van der Waals surface area contributed by atoms with Gasteiger partial charge in [-0.1, -0.05) is 6.07 Å². The summed E-state index contributed by atoms with van der Waals surface area (Å²) in [5.41, 5.74) is 2.06. The lowest BCUT2D eigenvalue weighted by molar-refractivity contribution is 0.916. The number of nitrogens with one attached hydrogen (secondary N) is 1. The molecule has 0 saturated carbocycles. The van der Waals surface area contributed by atoms with E-state index in [1.807, 2.05) is 40.9 Å². The van der Waals surface area contributed by atoms with E-state index in [9.17, 15) is 0 Å². The summed E-state index contributed by atoms with van der Waals surface area (Å²) in [4.78, 5) is 3.99. The number of aromatic nitrogens is 4. The molecule has 3 aromatic heterocycles. The zero-order chi connectivity index (χ0) is 13.1. The maximum absolute atomic E-state index is 8.67. The zero-order valence-corrected chi connectivity index (χ0v) is 9.98. The van der Waals surface area contributed by atoms with E-state index in [1.165, 1.54) is 0 Å². The van der Waals surface area contributed by atoms with Gasteiger partial charge in [-0.3, -0.25) is 4.40 Å². The van der Waals surface area contributed by atoms with E-state index in [2.05, 4.69) is 20.5 Å². The molecule has 0 saturated heterocycles. The van der Waals surface area contributed by atoms with Crippen molar-refractivity contribution in [2.75, 3.05) is 5.32 Å². The molecule has 0 atom stereocenters. The normalized spacial score (nSPS) is 10.3. The van der Waals surface area contributed by atoms with Gasteiger partial charge < -0.3 is 5.32 Å². The van der Waals surface area contributed by atoms with Gasteiger partial charge in [0.2, 0.25) is 0 Å². The summed E-state index contributed by atoms with van der Waals surface area (Å²) < 4.78 is 1.92. The van der Waals surface area contributed by atoms with Crippen molar-refractivity contribution in [3.05, 3.63) is 54.2 Å².